The Kier molecular flexibility index (Phi) is 7.44. The molecule has 0 fully saturated rings. The fourth-order valence-electron chi connectivity index (χ4n) is 1.28. The third kappa shape index (κ3) is 11.5. The van der Waals surface area contributed by atoms with Crippen molar-refractivity contribution in [1.29, 1.82) is 0 Å². The molecule has 0 saturated carbocycles. The highest BCUT2D eigenvalue weighted by molar-refractivity contribution is 5.69. The van der Waals surface area contributed by atoms with Gasteiger partial charge in [-0.25, -0.2) is 4.79 Å². The van der Waals surface area contributed by atoms with Gasteiger partial charge in [-0.05, 0) is 47.5 Å². The Morgan fingerprint density at radius 2 is 1.84 bits per heavy atom. The third-order valence-corrected chi connectivity index (χ3v) is 1.91. The molecule has 0 spiro atoms. The van der Waals surface area contributed by atoms with Crippen LogP contribution in [0.4, 0.5) is 4.79 Å². The van der Waals surface area contributed by atoms with Gasteiger partial charge in [-0.3, -0.25) is 10.1 Å². The summed E-state index contributed by atoms with van der Waals surface area (Å²) in [5.41, 5.74) is -0.606. The van der Waals surface area contributed by atoms with Gasteiger partial charge in [0.15, 0.2) is 0 Å². The van der Waals surface area contributed by atoms with E-state index in [0.29, 0.717) is 6.42 Å². The average molecular weight is 275 g/mol. The van der Waals surface area contributed by atoms with E-state index in [0.717, 1.165) is 0 Å². The molecule has 1 amide bonds. The first-order valence-electron chi connectivity index (χ1n) is 6.47. The highest BCUT2D eigenvalue weighted by Crippen LogP contribution is 2.07. The van der Waals surface area contributed by atoms with Gasteiger partial charge in [0.1, 0.15) is 11.8 Å². The third-order valence-electron chi connectivity index (χ3n) is 1.91. The number of ether oxygens (including phenoxy) is 2. The van der Waals surface area contributed by atoms with Crippen LogP contribution in [0.25, 0.3) is 0 Å². The largest absolute Gasteiger partial charge is 0.463 e. The second-order valence-corrected chi connectivity index (χ2v) is 5.59. The van der Waals surface area contributed by atoms with Crippen molar-refractivity contribution < 1.29 is 24.2 Å². The number of alkyl carbamates (subject to hydrolysis) is 1. The van der Waals surface area contributed by atoms with Crippen molar-refractivity contribution in [3.8, 4) is 0 Å². The van der Waals surface area contributed by atoms with Crippen molar-refractivity contribution in [2.24, 2.45) is 0 Å². The fourth-order valence-corrected chi connectivity index (χ4v) is 1.28. The van der Waals surface area contributed by atoms with Crippen molar-refractivity contribution in [3.05, 3.63) is 0 Å². The minimum atomic E-state index is -1.03. The van der Waals surface area contributed by atoms with Crippen molar-refractivity contribution in [1.82, 2.24) is 5.32 Å². The normalized spacial score (nSPS) is 13.0. The van der Waals surface area contributed by atoms with Gasteiger partial charge in [-0.15, -0.1) is 0 Å². The molecule has 6 heteroatoms. The smallest absolute Gasteiger partial charge is 0.409 e. The Morgan fingerprint density at radius 3 is 2.32 bits per heavy atom. The predicted octanol–water partition coefficient (Wildman–Crippen LogP) is 1.95. The monoisotopic (exact) mass is 275 g/mol. The lowest BCUT2D eigenvalue weighted by Crippen LogP contribution is -2.39. The molecule has 0 aromatic heterocycles. The molecule has 1 unspecified atom stereocenters. The second-order valence-electron chi connectivity index (χ2n) is 5.59. The van der Waals surface area contributed by atoms with Crippen LogP contribution in [0.5, 0.6) is 0 Å². The topological polar surface area (TPSA) is 84.9 Å². The summed E-state index contributed by atoms with van der Waals surface area (Å²) in [5, 5.41) is 11.8. The number of nitrogens with one attached hydrogen (secondary N) is 1. The van der Waals surface area contributed by atoms with Gasteiger partial charge in [0.25, 0.3) is 0 Å². The second kappa shape index (κ2) is 7.99. The lowest BCUT2D eigenvalue weighted by molar-refractivity contribution is -0.147. The first kappa shape index (κ1) is 17.7. The van der Waals surface area contributed by atoms with Gasteiger partial charge in [0.05, 0.1) is 6.10 Å². The standard InChI is InChI=1S/C13H25NO5/c1-9(2)18-11(16)8-6-7-10(15)14-12(17)19-13(3,4)5/h9-10,15H,6-8H2,1-5H3,(H,14,17). The number of amides is 1. The van der Waals surface area contributed by atoms with Crippen LogP contribution < -0.4 is 5.32 Å². The lowest BCUT2D eigenvalue weighted by Gasteiger charge is -2.21. The zero-order chi connectivity index (χ0) is 15.1. The summed E-state index contributed by atoms with van der Waals surface area (Å²) >= 11 is 0. The molecule has 6 nitrogen and oxygen atoms in total. The molecular formula is C13H25NO5. The average Bonchev–Trinajstić information content (AvgIpc) is 2.12. The van der Waals surface area contributed by atoms with E-state index in [9.17, 15) is 14.7 Å². The zero-order valence-corrected chi connectivity index (χ0v) is 12.4. The molecule has 0 rings (SSSR count). The summed E-state index contributed by atoms with van der Waals surface area (Å²) in [6, 6.07) is 0. The summed E-state index contributed by atoms with van der Waals surface area (Å²) in [6.45, 7) is 8.76. The highest BCUT2D eigenvalue weighted by atomic mass is 16.6. The van der Waals surface area contributed by atoms with Gasteiger partial charge in [-0.1, -0.05) is 0 Å². The van der Waals surface area contributed by atoms with Crippen LogP contribution in [0.1, 0.15) is 53.9 Å². The molecule has 0 aliphatic rings. The minimum absolute atomic E-state index is 0.141. The van der Waals surface area contributed by atoms with Crippen molar-refractivity contribution in [2.75, 3.05) is 0 Å². The summed E-state index contributed by atoms with van der Waals surface area (Å²) < 4.78 is 9.93. The molecular weight excluding hydrogens is 250 g/mol. The Labute approximate surface area is 114 Å². The van der Waals surface area contributed by atoms with Crippen LogP contribution in [0.2, 0.25) is 0 Å². The maximum absolute atomic E-state index is 11.3. The van der Waals surface area contributed by atoms with Gasteiger partial charge in [-0.2, -0.15) is 0 Å². The molecule has 2 N–H and O–H groups in total. The Balaban J connectivity index is 3.78. The number of hydrogen-bond donors (Lipinski definition) is 2. The summed E-state index contributed by atoms with van der Waals surface area (Å²) in [5.74, 6) is -0.306. The SMILES string of the molecule is CC(C)OC(=O)CCCC(O)NC(=O)OC(C)(C)C. The molecule has 0 heterocycles. The predicted molar refractivity (Wildman–Crippen MR) is 70.5 cm³/mol. The Morgan fingerprint density at radius 1 is 1.26 bits per heavy atom. The van der Waals surface area contributed by atoms with Gasteiger partial charge in [0.2, 0.25) is 0 Å². The number of rotatable bonds is 6. The van der Waals surface area contributed by atoms with Crippen molar-refractivity contribution in [2.45, 2.75) is 71.8 Å². The molecule has 0 aromatic rings. The Bertz CT molecular complexity index is 296. The van der Waals surface area contributed by atoms with Gasteiger partial charge < -0.3 is 14.6 Å². The Hall–Kier alpha value is -1.30. The molecule has 0 aliphatic carbocycles. The number of hydrogen-bond acceptors (Lipinski definition) is 5. The molecule has 0 saturated heterocycles. The quantitative estimate of drug-likeness (QED) is 0.571. The van der Waals surface area contributed by atoms with E-state index >= 15 is 0 Å². The van der Waals surface area contributed by atoms with Crippen LogP contribution in [-0.2, 0) is 14.3 Å². The van der Waals surface area contributed by atoms with Crippen LogP contribution in [-0.4, -0.2) is 35.1 Å². The molecule has 0 bridgehead atoms. The maximum atomic E-state index is 11.3. The van der Waals surface area contributed by atoms with E-state index in [1.807, 2.05) is 0 Å². The number of aliphatic hydroxyl groups excluding tert-OH is 1. The number of aliphatic hydroxyl groups is 1. The van der Waals surface area contributed by atoms with Crippen LogP contribution >= 0.6 is 0 Å². The van der Waals surface area contributed by atoms with E-state index in [2.05, 4.69) is 5.32 Å². The number of carbonyl (C=O) groups excluding carboxylic acids is 2. The van der Waals surface area contributed by atoms with Crippen molar-refractivity contribution >= 4 is 12.1 Å². The summed E-state index contributed by atoms with van der Waals surface area (Å²) in [6.07, 6.45) is -0.927. The van der Waals surface area contributed by atoms with E-state index in [1.165, 1.54) is 0 Å². The molecule has 112 valence electrons. The van der Waals surface area contributed by atoms with E-state index in [-0.39, 0.29) is 24.9 Å². The van der Waals surface area contributed by atoms with E-state index < -0.39 is 17.9 Å². The van der Waals surface area contributed by atoms with Crippen LogP contribution in [0.3, 0.4) is 0 Å². The van der Waals surface area contributed by atoms with Gasteiger partial charge in [0, 0.05) is 6.42 Å². The first-order valence-corrected chi connectivity index (χ1v) is 6.47. The first-order chi connectivity index (χ1) is 8.60. The molecule has 1 atom stereocenters. The molecule has 0 aliphatic heterocycles. The summed E-state index contributed by atoms with van der Waals surface area (Å²) in [4.78, 5) is 22.6. The lowest BCUT2D eigenvalue weighted by atomic mass is 10.2. The van der Waals surface area contributed by atoms with Crippen LogP contribution in [0.15, 0.2) is 0 Å². The maximum Gasteiger partial charge on any atom is 0.409 e. The summed E-state index contributed by atoms with van der Waals surface area (Å²) in [7, 11) is 0. The minimum Gasteiger partial charge on any atom is -0.463 e. The van der Waals surface area contributed by atoms with Crippen molar-refractivity contribution in [3.63, 3.8) is 0 Å². The molecule has 19 heavy (non-hydrogen) atoms. The highest BCUT2D eigenvalue weighted by Gasteiger charge is 2.18. The molecule has 0 radical (unpaired) electrons. The number of esters is 1. The molecule has 0 aromatic carbocycles. The number of carbonyl (C=O) groups is 2. The fraction of sp³-hybridized carbons (Fsp3) is 0.846. The van der Waals surface area contributed by atoms with E-state index in [1.54, 1.807) is 34.6 Å². The van der Waals surface area contributed by atoms with Crippen LogP contribution in [0, 0.1) is 0 Å². The zero-order valence-electron chi connectivity index (χ0n) is 12.4. The van der Waals surface area contributed by atoms with Gasteiger partial charge >= 0.3 is 12.1 Å². The van der Waals surface area contributed by atoms with E-state index in [4.69, 9.17) is 9.47 Å².